The van der Waals surface area contributed by atoms with Gasteiger partial charge in [0.25, 0.3) is 5.91 Å². The van der Waals surface area contributed by atoms with Crippen LogP contribution in [0.15, 0.2) is 71.7 Å². The van der Waals surface area contributed by atoms with Crippen LogP contribution in [0.5, 0.6) is 0 Å². The Labute approximate surface area is 128 Å². The smallest absolute Gasteiger partial charge is 0.349 e. The Morgan fingerprint density at radius 3 is 2.27 bits per heavy atom. The van der Waals surface area contributed by atoms with Gasteiger partial charge in [0.15, 0.2) is 0 Å². The fraction of sp³-hybridized carbons (Fsp3) is 0.0556. The first-order valence-electron chi connectivity index (χ1n) is 6.77. The Bertz CT molecular complexity index is 676. The summed E-state index contributed by atoms with van der Waals surface area (Å²) in [5.41, 5.74) is 1.45. The lowest BCUT2D eigenvalue weighted by molar-refractivity contribution is -0.133. The highest BCUT2D eigenvalue weighted by Crippen LogP contribution is 2.01. The van der Waals surface area contributed by atoms with E-state index in [1.807, 2.05) is 36.4 Å². The molecule has 0 aliphatic carbocycles. The molecule has 0 fully saturated rings. The van der Waals surface area contributed by atoms with Gasteiger partial charge in [-0.05, 0) is 23.8 Å². The van der Waals surface area contributed by atoms with Crippen LogP contribution in [0.2, 0.25) is 0 Å². The molecule has 0 N–H and O–H groups in total. The van der Waals surface area contributed by atoms with Crippen molar-refractivity contribution in [1.29, 1.82) is 0 Å². The highest BCUT2D eigenvalue weighted by Gasteiger charge is 2.03. The molecule has 0 aromatic heterocycles. The summed E-state index contributed by atoms with van der Waals surface area (Å²) in [6.45, 7) is 0.124. The number of carbonyl (C=O) groups is 2. The van der Waals surface area contributed by atoms with Gasteiger partial charge in [0.05, 0.1) is 0 Å². The zero-order valence-corrected chi connectivity index (χ0v) is 11.9. The standard InChI is InChI=1S/C18H15NO3/c20-17(14-19-18(21)16-11-5-2-6-12-16)22-13-7-10-15-8-3-1-4-9-15/h1-12,14H,13H2/b10-7-,19-14?. The molecule has 0 bridgehead atoms. The lowest BCUT2D eigenvalue weighted by atomic mass is 10.2. The van der Waals surface area contributed by atoms with Crippen LogP contribution in [0.4, 0.5) is 0 Å². The van der Waals surface area contributed by atoms with Gasteiger partial charge < -0.3 is 4.74 Å². The number of carbonyl (C=O) groups excluding carboxylic acids is 2. The molecule has 4 nitrogen and oxygen atoms in total. The highest BCUT2D eigenvalue weighted by atomic mass is 16.5. The number of rotatable bonds is 5. The molecule has 2 aromatic carbocycles. The second kappa shape index (κ2) is 8.32. The largest absolute Gasteiger partial charge is 0.457 e. The van der Waals surface area contributed by atoms with Gasteiger partial charge in [-0.3, -0.25) is 4.79 Å². The van der Waals surface area contributed by atoms with Crippen LogP contribution in [-0.2, 0) is 9.53 Å². The summed E-state index contributed by atoms with van der Waals surface area (Å²) in [6.07, 6.45) is 4.46. The zero-order valence-electron chi connectivity index (χ0n) is 11.9. The Kier molecular flexibility index (Phi) is 5.81. The maximum absolute atomic E-state index is 11.6. The van der Waals surface area contributed by atoms with Gasteiger partial charge in [0.2, 0.25) is 0 Å². The molecular formula is C18H15NO3. The van der Waals surface area contributed by atoms with Crippen molar-refractivity contribution in [1.82, 2.24) is 0 Å². The zero-order chi connectivity index (χ0) is 15.6. The van der Waals surface area contributed by atoms with Gasteiger partial charge in [-0.15, -0.1) is 0 Å². The monoisotopic (exact) mass is 293 g/mol. The summed E-state index contributed by atoms with van der Waals surface area (Å²) in [7, 11) is 0. The Hall–Kier alpha value is -3.01. The molecule has 0 spiro atoms. The van der Waals surface area contributed by atoms with Gasteiger partial charge in [-0.2, -0.15) is 0 Å². The molecule has 0 radical (unpaired) electrons. The number of benzene rings is 2. The molecule has 22 heavy (non-hydrogen) atoms. The van der Waals surface area contributed by atoms with E-state index in [0.29, 0.717) is 5.56 Å². The minimum atomic E-state index is -0.651. The van der Waals surface area contributed by atoms with Crippen LogP contribution >= 0.6 is 0 Å². The molecule has 2 rings (SSSR count). The van der Waals surface area contributed by atoms with Crippen LogP contribution in [-0.4, -0.2) is 24.7 Å². The van der Waals surface area contributed by atoms with Gasteiger partial charge in [0, 0.05) is 5.56 Å². The molecule has 1 amide bonds. The summed E-state index contributed by atoms with van der Waals surface area (Å²) in [5.74, 6) is -1.13. The number of aliphatic imine (C=N–C) groups is 1. The lowest BCUT2D eigenvalue weighted by Crippen LogP contribution is -2.07. The highest BCUT2D eigenvalue weighted by molar-refractivity contribution is 6.26. The Morgan fingerprint density at radius 2 is 1.59 bits per heavy atom. The summed E-state index contributed by atoms with van der Waals surface area (Å²) >= 11 is 0. The number of hydrogen-bond donors (Lipinski definition) is 0. The van der Waals surface area contributed by atoms with Crippen molar-refractivity contribution in [3.05, 3.63) is 77.9 Å². The Balaban J connectivity index is 1.77. The quantitative estimate of drug-likeness (QED) is 0.628. The van der Waals surface area contributed by atoms with E-state index in [4.69, 9.17) is 4.74 Å². The van der Waals surface area contributed by atoms with Crippen molar-refractivity contribution in [2.24, 2.45) is 4.99 Å². The van der Waals surface area contributed by atoms with Gasteiger partial charge in [-0.1, -0.05) is 54.6 Å². The van der Waals surface area contributed by atoms with E-state index >= 15 is 0 Å². The molecule has 0 aliphatic heterocycles. The van der Waals surface area contributed by atoms with Gasteiger partial charge >= 0.3 is 5.97 Å². The molecule has 2 aromatic rings. The summed E-state index contributed by atoms with van der Waals surface area (Å²) < 4.78 is 4.92. The molecule has 0 atom stereocenters. The first kappa shape index (κ1) is 15.4. The second-order valence-electron chi connectivity index (χ2n) is 4.37. The molecular weight excluding hydrogens is 278 g/mol. The number of esters is 1. The van der Waals surface area contributed by atoms with Crippen LogP contribution in [0.3, 0.4) is 0 Å². The Morgan fingerprint density at radius 1 is 0.955 bits per heavy atom. The van der Waals surface area contributed by atoms with Gasteiger partial charge in [-0.25, -0.2) is 9.79 Å². The maximum Gasteiger partial charge on any atom is 0.349 e. The van der Waals surface area contributed by atoms with E-state index in [0.717, 1.165) is 11.8 Å². The number of ether oxygens (including phenoxy) is 1. The lowest BCUT2D eigenvalue weighted by Gasteiger charge is -1.97. The van der Waals surface area contributed by atoms with Crippen molar-refractivity contribution in [3.63, 3.8) is 0 Å². The predicted octanol–water partition coefficient (Wildman–Crippen LogP) is 3.15. The maximum atomic E-state index is 11.6. The van der Waals surface area contributed by atoms with Crippen molar-refractivity contribution in [2.45, 2.75) is 0 Å². The predicted molar refractivity (Wildman–Crippen MR) is 85.7 cm³/mol. The van der Waals surface area contributed by atoms with Crippen LogP contribution in [0.25, 0.3) is 6.08 Å². The summed E-state index contributed by atoms with van der Waals surface area (Å²) in [6, 6.07) is 18.2. The van der Waals surface area contributed by atoms with Crippen molar-refractivity contribution >= 4 is 24.2 Å². The molecule has 0 saturated heterocycles. The third-order valence-electron chi connectivity index (χ3n) is 2.74. The molecule has 4 heteroatoms. The number of hydrogen-bond acceptors (Lipinski definition) is 3. The molecule has 110 valence electrons. The topological polar surface area (TPSA) is 55.7 Å². The van der Waals surface area contributed by atoms with E-state index in [-0.39, 0.29) is 6.61 Å². The van der Waals surface area contributed by atoms with Crippen molar-refractivity contribution < 1.29 is 14.3 Å². The third kappa shape index (κ3) is 5.17. The average Bonchev–Trinajstić information content (AvgIpc) is 2.58. The third-order valence-corrected chi connectivity index (χ3v) is 2.74. The SMILES string of the molecule is O=C(C=NC(=O)c1ccccc1)OC/C=C\c1ccccc1. The first-order chi connectivity index (χ1) is 10.8. The van der Waals surface area contributed by atoms with E-state index in [2.05, 4.69) is 4.99 Å². The molecule has 0 aliphatic rings. The normalized spacial score (nSPS) is 10.9. The fourth-order valence-electron chi connectivity index (χ4n) is 1.68. The number of nitrogens with zero attached hydrogens (tertiary/aromatic N) is 1. The van der Waals surface area contributed by atoms with Crippen molar-refractivity contribution in [2.75, 3.05) is 6.61 Å². The number of amides is 1. The first-order valence-corrected chi connectivity index (χ1v) is 6.77. The molecule has 0 heterocycles. The van der Waals surface area contributed by atoms with E-state index in [1.54, 1.807) is 36.4 Å². The average molecular weight is 293 g/mol. The minimum absolute atomic E-state index is 0.124. The van der Waals surface area contributed by atoms with Crippen LogP contribution in [0, 0.1) is 0 Å². The molecule has 0 unspecified atom stereocenters. The van der Waals surface area contributed by atoms with Crippen LogP contribution < -0.4 is 0 Å². The van der Waals surface area contributed by atoms with Crippen LogP contribution in [0.1, 0.15) is 15.9 Å². The van der Waals surface area contributed by atoms with Gasteiger partial charge in [0.1, 0.15) is 12.8 Å². The molecule has 0 saturated carbocycles. The summed E-state index contributed by atoms with van der Waals surface area (Å²) in [5, 5.41) is 0. The van der Waals surface area contributed by atoms with Crippen molar-refractivity contribution in [3.8, 4) is 0 Å². The second-order valence-corrected chi connectivity index (χ2v) is 4.37. The van der Waals surface area contributed by atoms with E-state index in [1.165, 1.54) is 0 Å². The summed E-state index contributed by atoms with van der Waals surface area (Å²) in [4.78, 5) is 26.6. The minimum Gasteiger partial charge on any atom is -0.457 e. The van der Waals surface area contributed by atoms with E-state index < -0.39 is 11.9 Å². The van der Waals surface area contributed by atoms with E-state index in [9.17, 15) is 9.59 Å². The fourth-order valence-corrected chi connectivity index (χ4v) is 1.68.